The number of rotatable bonds is 1. The third-order valence-electron chi connectivity index (χ3n) is 2.40. The van der Waals surface area contributed by atoms with Gasteiger partial charge in [-0.05, 0) is 19.4 Å². The van der Waals surface area contributed by atoms with Gasteiger partial charge in [-0.2, -0.15) is 15.4 Å². The molecule has 66 valence electrons. The third kappa shape index (κ3) is 1.64. The third-order valence-corrected chi connectivity index (χ3v) is 2.40. The number of H-pyrrole nitrogens is 1. The maximum absolute atomic E-state index is 4.11. The quantitative estimate of drug-likeness (QED) is 0.644. The van der Waals surface area contributed by atoms with E-state index in [0.717, 1.165) is 18.8 Å². The molecule has 0 saturated carbocycles. The van der Waals surface area contributed by atoms with Gasteiger partial charge in [-0.25, -0.2) is 0 Å². The van der Waals surface area contributed by atoms with Crippen molar-refractivity contribution in [2.24, 2.45) is 0 Å². The molecule has 1 unspecified atom stereocenters. The summed E-state index contributed by atoms with van der Waals surface area (Å²) >= 11 is 0. The Morgan fingerprint density at radius 3 is 3.25 bits per heavy atom. The minimum atomic E-state index is 0.561. The van der Waals surface area contributed by atoms with E-state index in [4.69, 9.17) is 0 Å². The fourth-order valence-corrected chi connectivity index (χ4v) is 1.68. The number of hydrogen-bond acceptors (Lipinski definition) is 3. The second-order valence-electron chi connectivity index (χ2n) is 3.29. The Hall–Kier alpha value is -0.900. The van der Waals surface area contributed by atoms with E-state index in [0.29, 0.717) is 5.92 Å². The molecule has 0 amide bonds. The lowest BCUT2D eigenvalue weighted by atomic mass is 10.0. The standard InChI is InChI=1S/C8H14N4/c1-2-4-9-5-7(3-1)8-6-10-12-11-8/h6-7,9H,1-5H2,(H,10,11,12). The molecule has 1 aliphatic heterocycles. The highest BCUT2D eigenvalue weighted by atomic mass is 15.3. The summed E-state index contributed by atoms with van der Waals surface area (Å²) in [4.78, 5) is 0. The normalized spacial score (nSPS) is 25.2. The average Bonchev–Trinajstić information content (AvgIpc) is 2.48. The van der Waals surface area contributed by atoms with Crippen molar-refractivity contribution in [3.63, 3.8) is 0 Å². The van der Waals surface area contributed by atoms with Crippen LogP contribution in [0.25, 0.3) is 0 Å². The van der Waals surface area contributed by atoms with E-state index in [1.54, 1.807) is 0 Å². The van der Waals surface area contributed by atoms with E-state index in [1.165, 1.54) is 19.3 Å². The summed E-state index contributed by atoms with van der Waals surface area (Å²) in [5.41, 5.74) is 1.10. The van der Waals surface area contributed by atoms with Gasteiger partial charge in [-0.3, -0.25) is 0 Å². The molecular weight excluding hydrogens is 152 g/mol. The van der Waals surface area contributed by atoms with Gasteiger partial charge in [-0.1, -0.05) is 6.42 Å². The average molecular weight is 166 g/mol. The molecule has 0 bridgehead atoms. The van der Waals surface area contributed by atoms with Crippen molar-refractivity contribution in [2.45, 2.75) is 25.2 Å². The second-order valence-corrected chi connectivity index (χ2v) is 3.29. The van der Waals surface area contributed by atoms with E-state index in [1.807, 2.05) is 6.20 Å². The summed E-state index contributed by atoms with van der Waals surface area (Å²) in [7, 11) is 0. The minimum absolute atomic E-state index is 0.561. The molecule has 0 radical (unpaired) electrons. The van der Waals surface area contributed by atoms with E-state index in [2.05, 4.69) is 20.7 Å². The smallest absolute Gasteiger partial charge is 0.0868 e. The zero-order valence-electron chi connectivity index (χ0n) is 7.08. The molecule has 2 N–H and O–H groups in total. The zero-order valence-corrected chi connectivity index (χ0v) is 7.08. The van der Waals surface area contributed by atoms with Crippen molar-refractivity contribution in [3.05, 3.63) is 11.9 Å². The highest BCUT2D eigenvalue weighted by Crippen LogP contribution is 2.20. The first-order chi connectivity index (χ1) is 5.97. The van der Waals surface area contributed by atoms with Crippen molar-refractivity contribution in [1.82, 2.24) is 20.7 Å². The molecule has 0 aromatic carbocycles. The lowest BCUT2D eigenvalue weighted by Crippen LogP contribution is -2.19. The summed E-state index contributed by atoms with van der Waals surface area (Å²) in [6.07, 6.45) is 5.65. The highest BCUT2D eigenvalue weighted by Gasteiger charge is 2.15. The predicted molar refractivity (Wildman–Crippen MR) is 45.8 cm³/mol. The Labute approximate surface area is 71.8 Å². The Balaban J connectivity index is 2.02. The first-order valence-electron chi connectivity index (χ1n) is 4.53. The number of hydrogen-bond donors (Lipinski definition) is 2. The Kier molecular flexibility index (Phi) is 2.36. The van der Waals surface area contributed by atoms with E-state index in [9.17, 15) is 0 Å². The monoisotopic (exact) mass is 166 g/mol. The molecule has 1 saturated heterocycles. The Bertz CT molecular complexity index is 211. The molecule has 1 aliphatic rings. The Morgan fingerprint density at radius 2 is 2.42 bits per heavy atom. The summed E-state index contributed by atoms with van der Waals surface area (Å²) in [6, 6.07) is 0. The summed E-state index contributed by atoms with van der Waals surface area (Å²) in [5, 5.41) is 14.0. The van der Waals surface area contributed by atoms with Crippen LogP contribution < -0.4 is 5.32 Å². The Morgan fingerprint density at radius 1 is 1.42 bits per heavy atom. The lowest BCUT2D eigenvalue weighted by molar-refractivity contribution is 0.593. The van der Waals surface area contributed by atoms with Gasteiger partial charge in [0.2, 0.25) is 0 Å². The van der Waals surface area contributed by atoms with Crippen molar-refractivity contribution in [2.75, 3.05) is 13.1 Å². The number of nitrogens with one attached hydrogen (secondary N) is 2. The lowest BCUT2D eigenvalue weighted by Gasteiger charge is -2.09. The maximum atomic E-state index is 4.11. The number of aromatic amines is 1. The van der Waals surface area contributed by atoms with E-state index >= 15 is 0 Å². The topological polar surface area (TPSA) is 53.6 Å². The zero-order chi connectivity index (χ0) is 8.23. The fraction of sp³-hybridized carbons (Fsp3) is 0.750. The van der Waals surface area contributed by atoms with E-state index < -0.39 is 0 Å². The first-order valence-corrected chi connectivity index (χ1v) is 4.53. The van der Waals surface area contributed by atoms with Crippen LogP contribution in [-0.4, -0.2) is 28.5 Å². The van der Waals surface area contributed by atoms with Crippen LogP contribution in [0.3, 0.4) is 0 Å². The van der Waals surface area contributed by atoms with Crippen molar-refractivity contribution in [3.8, 4) is 0 Å². The summed E-state index contributed by atoms with van der Waals surface area (Å²) < 4.78 is 0. The fourth-order valence-electron chi connectivity index (χ4n) is 1.68. The predicted octanol–water partition coefficient (Wildman–Crippen LogP) is 0.662. The molecule has 4 nitrogen and oxygen atoms in total. The van der Waals surface area contributed by atoms with Crippen molar-refractivity contribution in [1.29, 1.82) is 0 Å². The van der Waals surface area contributed by atoms with Crippen LogP contribution in [0.15, 0.2) is 6.20 Å². The van der Waals surface area contributed by atoms with E-state index in [-0.39, 0.29) is 0 Å². The van der Waals surface area contributed by atoms with Gasteiger partial charge < -0.3 is 5.32 Å². The van der Waals surface area contributed by atoms with Gasteiger partial charge >= 0.3 is 0 Å². The van der Waals surface area contributed by atoms with Crippen molar-refractivity contribution < 1.29 is 0 Å². The molecule has 1 atom stereocenters. The molecule has 2 heterocycles. The van der Waals surface area contributed by atoms with Gasteiger partial charge in [-0.15, -0.1) is 0 Å². The van der Waals surface area contributed by atoms with Gasteiger partial charge in [0.05, 0.1) is 11.9 Å². The van der Waals surface area contributed by atoms with Crippen LogP contribution in [0.1, 0.15) is 30.9 Å². The molecular formula is C8H14N4. The SMILES string of the molecule is c1n[nH]nc1C1CCCCNC1. The van der Waals surface area contributed by atoms with Crippen LogP contribution >= 0.6 is 0 Å². The molecule has 0 aliphatic carbocycles. The van der Waals surface area contributed by atoms with Crippen LogP contribution in [0.2, 0.25) is 0 Å². The molecule has 1 aromatic heterocycles. The molecule has 12 heavy (non-hydrogen) atoms. The van der Waals surface area contributed by atoms with Crippen LogP contribution in [0.4, 0.5) is 0 Å². The summed E-state index contributed by atoms with van der Waals surface area (Å²) in [6.45, 7) is 2.20. The second kappa shape index (κ2) is 3.67. The summed E-state index contributed by atoms with van der Waals surface area (Å²) in [5.74, 6) is 0.561. The van der Waals surface area contributed by atoms with Crippen LogP contribution in [0.5, 0.6) is 0 Å². The number of aromatic nitrogens is 3. The molecule has 4 heteroatoms. The molecule has 2 rings (SSSR count). The molecule has 1 fully saturated rings. The van der Waals surface area contributed by atoms with Gasteiger partial charge in [0.25, 0.3) is 0 Å². The molecule has 1 aromatic rings. The molecule has 0 spiro atoms. The number of nitrogens with zero attached hydrogens (tertiary/aromatic N) is 2. The highest BCUT2D eigenvalue weighted by molar-refractivity contribution is 5.02. The van der Waals surface area contributed by atoms with Gasteiger partial charge in [0.15, 0.2) is 0 Å². The maximum Gasteiger partial charge on any atom is 0.0868 e. The largest absolute Gasteiger partial charge is 0.316 e. The van der Waals surface area contributed by atoms with Crippen LogP contribution in [0, 0.1) is 0 Å². The van der Waals surface area contributed by atoms with Gasteiger partial charge in [0, 0.05) is 12.5 Å². The first kappa shape index (κ1) is 7.73. The minimum Gasteiger partial charge on any atom is -0.316 e. The van der Waals surface area contributed by atoms with Crippen molar-refractivity contribution >= 4 is 0 Å². The van der Waals surface area contributed by atoms with Gasteiger partial charge in [0.1, 0.15) is 0 Å². The van der Waals surface area contributed by atoms with Crippen LogP contribution in [-0.2, 0) is 0 Å².